The number of amides is 1. The van der Waals surface area contributed by atoms with Crippen LogP contribution in [-0.2, 0) is 11.2 Å². The summed E-state index contributed by atoms with van der Waals surface area (Å²) in [5.74, 6) is 0.786. The number of unbranched alkanes of at least 4 members (excludes halogenated alkanes) is 2. The maximum absolute atomic E-state index is 11.9. The lowest BCUT2D eigenvalue weighted by Gasteiger charge is -2.10. The minimum absolute atomic E-state index is 0.0769. The third-order valence-corrected chi connectivity index (χ3v) is 3.77. The minimum Gasteiger partial charge on any atom is -0.366 e. The maximum atomic E-state index is 11.9. The van der Waals surface area contributed by atoms with Crippen molar-refractivity contribution in [2.75, 3.05) is 12.3 Å². The summed E-state index contributed by atoms with van der Waals surface area (Å²) < 4.78 is 1.64. The first-order valence-corrected chi connectivity index (χ1v) is 7.78. The molecule has 1 amide bonds. The van der Waals surface area contributed by atoms with Crippen molar-refractivity contribution in [1.82, 2.24) is 24.9 Å². The molecule has 0 aromatic carbocycles. The summed E-state index contributed by atoms with van der Waals surface area (Å²) in [6.07, 6.45) is 4.42. The summed E-state index contributed by atoms with van der Waals surface area (Å²) in [5.41, 5.74) is 8.45. The van der Waals surface area contributed by atoms with Crippen molar-refractivity contribution in [3.05, 3.63) is 17.0 Å². The van der Waals surface area contributed by atoms with E-state index in [4.69, 9.17) is 5.73 Å². The van der Waals surface area contributed by atoms with Gasteiger partial charge in [0, 0.05) is 24.4 Å². The molecule has 0 radical (unpaired) electrons. The molecule has 3 N–H and O–H groups in total. The topological polar surface area (TPSA) is 98.2 Å². The molecule has 2 aromatic rings. The molecule has 0 aliphatic heterocycles. The number of aromatic nitrogens is 4. The van der Waals surface area contributed by atoms with Crippen LogP contribution in [-0.4, -0.2) is 32.0 Å². The highest BCUT2D eigenvalue weighted by Gasteiger charge is 2.13. The van der Waals surface area contributed by atoms with Crippen molar-refractivity contribution in [3.63, 3.8) is 0 Å². The lowest BCUT2D eigenvalue weighted by Crippen LogP contribution is -2.25. The predicted molar refractivity (Wildman–Crippen MR) is 85.5 cm³/mol. The molecule has 22 heavy (non-hydrogen) atoms. The van der Waals surface area contributed by atoms with Crippen molar-refractivity contribution < 1.29 is 4.79 Å². The van der Waals surface area contributed by atoms with E-state index in [1.165, 1.54) is 0 Å². The predicted octanol–water partition coefficient (Wildman–Crippen LogP) is 1.56. The van der Waals surface area contributed by atoms with E-state index in [9.17, 15) is 4.79 Å². The Morgan fingerprint density at radius 2 is 2.05 bits per heavy atom. The van der Waals surface area contributed by atoms with Gasteiger partial charge < -0.3 is 11.1 Å². The zero-order chi connectivity index (χ0) is 16.1. The Bertz CT molecular complexity index is 664. The van der Waals surface area contributed by atoms with Crippen molar-refractivity contribution in [2.24, 2.45) is 0 Å². The molecule has 0 aliphatic carbocycles. The first-order chi connectivity index (χ1) is 10.5. The number of nitrogens with one attached hydrogen (secondary N) is 1. The van der Waals surface area contributed by atoms with Gasteiger partial charge >= 0.3 is 0 Å². The molecule has 7 nitrogen and oxygen atoms in total. The summed E-state index contributed by atoms with van der Waals surface area (Å²) in [5, 5.41) is 7.09. The average molecular weight is 304 g/mol. The maximum Gasteiger partial charge on any atom is 0.254 e. The van der Waals surface area contributed by atoms with Crippen molar-refractivity contribution in [1.29, 1.82) is 0 Å². The molecule has 2 aromatic heterocycles. The molecule has 0 atom stereocenters. The van der Waals surface area contributed by atoms with Crippen LogP contribution in [0.1, 0.15) is 49.6 Å². The van der Waals surface area contributed by atoms with E-state index in [0.717, 1.165) is 42.8 Å². The van der Waals surface area contributed by atoms with Gasteiger partial charge in [-0.15, -0.1) is 5.10 Å². The first kappa shape index (κ1) is 16.2. The van der Waals surface area contributed by atoms with Crippen LogP contribution in [0.2, 0.25) is 0 Å². The Labute approximate surface area is 130 Å². The fourth-order valence-electron chi connectivity index (χ4n) is 2.52. The van der Waals surface area contributed by atoms with Crippen LogP contribution >= 0.6 is 0 Å². The van der Waals surface area contributed by atoms with Gasteiger partial charge in [0.1, 0.15) is 0 Å². The summed E-state index contributed by atoms with van der Waals surface area (Å²) >= 11 is 0. The van der Waals surface area contributed by atoms with E-state index in [-0.39, 0.29) is 11.9 Å². The largest absolute Gasteiger partial charge is 0.366 e. The Kier molecular flexibility index (Phi) is 5.30. The lowest BCUT2D eigenvalue weighted by atomic mass is 10.1. The van der Waals surface area contributed by atoms with Crippen LogP contribution in [0.4, 0.5) is 5.95 Å². The number of carbonyl (C=O) groups excluding carboxylic acids is 1. The van der Waals surface area contributed by atoms with Crippen molar-refractivity contribution in [3.8, 4) is 0 Å². The second-order valence-electron chi connectivity index (χ2n) is 5.50. The molecule has 2 heterocycles. The molecular weight excluding hydrogens is 280 g/mol. The lowest BCUT2D eigenvalue weighted by molar-refractivity contribution is -0.121. The molecule has 0 spiro atoms. The van der Waals surface area contributed by atoms with Gasteiger partial charge in [-0.25, -0.2) is 4.98 Å². The second kappa shape index (κ2) is 7.20. The number of aryl methyl sites for hydroxylation is 2. The van der Waals surface area contributed by atoms with E-state index in [0.29, 0.717) is 18.6 Å². The molecule has 7 heteroatoms. The Hall–Kier alpha value is -2.18. The van der Waals surface area contributed by atoms with Crippen LogP contribution in [0.5, 0.6) is 0 Å². The Morgan fingerprint density at radius 1 is 1.27 bits per heavy atom. The minimum atomic E-state index is 0.0769. The van der Waals surface area contributed by atoms with Gasteiger partial charge in [-0.2, -0.15) is 9.50 Å². The molecular formula is C15H24N6O. The highest BCUT2D eigenvalue weighted by atomic mass is 16.1. The summed E-state index contributed by atoms with van der Waals surface area (Å²) in [7, 11) is 0. The number of rotatable bonds is 7. The highest BCUT2D eigenvalue weighted by Crippen LogP contribution is 2.15. The third kappa shape index (κ3) is 3.72. The van der Waals surface area contributed by atoms with Gasteiger partial charge in [-0.3, -0.25) is 4.79 Å². The van der Waals surface area contributed by atoms with E-state index in [2.05, 4.69) is 27.3 Å². The number of nitrogen functional groups attached to an aromatic ring is 1. The molecule has 2 rings (SSSR count). The quantitative estimate of drug-likeness (QED) is 0.756. The third-order valence-electron chi connectivity index (χ3n) is 3.77. The van der Waals surface area contributed by atoms with E-state index in [1.807, 2.05) is 13.8 Å². The van der Waals surface area contributed by atoms with Gasteiger partial charge in [0.2, 0.25) is 11.9 Å². The second-order valence-corrected chi connectivity index (χ2v) is 5.50. The van der Waals surface area contributed by atoms with Crippen LogP contribution in [0, 0.1) is 13.8 Å². The number of anilines is 1. The molecule has 0 saturated heterocycles. The number of nitrogens with zero attached hydrogens (tertiary/aromatic N) is 4. The molecule has 0 saturated carbocycles. The molecule has 120 valence electrons. The number of hydrogen-bond acceptors (Lipinski definition) is 5. The molecule has 0 fully saturated rings. The summed E-state index contributed by atoms with van der Waals surface area (Å²) in [6.45, 7) is 6.77. The first-order valence-electron chi connectivity index (χ1n) is 7.78. The van der Waals surface area contributed by atoms with E-state index >= 15 is 0 Å². The normalized spacial score (nSPS) is 11.0. The molecule has 0 bridgehead atoms. The number of fused-ring (bicyclic) bond motifs is 1. The Morgan fingerprint density at radius 3 is 2.77 bits per heavy atom. The number of carbonyl (C=O) groups is 1. The van der Waals surface area contributed by atoms with Gasteiger partial charge in [-0.1, -0.05) is 19.8 Å². The average Bonchev–Trinajstić information content (AvgIpc) is 2.84. The number of hydrogen-bond donors (Lipinski definition) is 2. The van der Waals surface area contributed by atoms with Crippen LogP contribution in [0.15, 0.2) is 0 Å². The van der Waals surface area contributed by atoms with Crippen LogP contribution < -0.4 is 11.1 Å². The van der Waals surface area contributed by atoms with E-state index in [1.54, 1.807) is 4.52 Å². The van der Waals surface area contributed by atoms with Gasteiger partial charge in [0.25, 0.3) is 5.78 Å². The summed E-state index contributed by atoms with van der Waals surface area (Å²) in [4.78, 5) is 20.4. The smallest absolute Gasteiger partial charge is 0.254 e. The standard InChI is InChI=1S/C15H24N6O/c1-4-5-6-9-17-13(22)8-7-12-10(2)18-15-19-14(16)20-21(15)11(12)3/h4-9H2,1-3H3,(H2,16,20)(H,17,22). The van der Waals surface area contributed by atoms with Crippen molar-refractivity contribution >= 4 is 17.6 Å². The summed E-state index contributed by atoms with van der Waals surface area (Å²) in [6, 6.07) is 0. The van der Waals surface area contributed by atoms with Gasteiger partial charge in [0.15, 0.2) is 0 Å². The monoisotopic (exact) mass is 304 g/mol. The number of nitrogens with two attached hydrogens (primary N) is 1. The zero-order valence-electron chi connectivity index (χ0n) is 13.5. The van der Waals surface area contributed by atoms with Crippen LogP contribution in [0.25, 0.3) is 5.78 Å². The molecule has 0 aliphatic rings. The fourth-order valence-corrected chi connectivity index (χ4v) is 2.52. The Balaban J connectivity index is 2.00. The fraction of sp³-hybridized carbons (Fsp3) is 0.600. The van der Waals surface area contributed by atoms with Gasteiger partial charge in [-0.05, 0) is 32.3 Å². The van der Waals surface area contributed by atoms with E-state index < -0.39 is 0 Å². The zero-order valence-corrected chi connectivity index (χ0v) is 13.5. The van der Waals surface area contributed by atoms with Crippen LogP contribution in [0.3, 0.4) is 0 Å². The van der Waals surface area contributed by atoms with Gasteiger partial charge in [0.05, 0.1) is 0 Å². The SMILES string of the molecule is CCCCCNC(=O)CCc1c(C)nc2nc(N)nn2c1C. The molecule has 0 unspecified atom stereocenters. The highest BCUT2D eigenvalue weighted by molar-refractivity contribution is 5.76. The van der Waals surface area contributed by atoms with Crippen molar-refractivity contribution in [2.45, 2.75) is 52.9 Å².